The van der Waals surface area contributed by atoms with Crippen molar-refractivity contribution in [2.24, 2.45) is 0 Å². The maximum Gasteiger partial charge on any atom is 0.330 e. The van der Waals surface area contributed by atoms with Crippen molar-refractivity contribution in [1.82, 2.24) is 0 Å². The topological polar surface area (TPSA) is 26.3 Å². The summed E-state index contributed by atoms with van der Waals surface area (Å²) in [6.45, 7) is 0. The Kier molecular flexibility index (Phi) is 3.98. The summed E-state index contributed by atoms with van der Waals surface area (Å²) in [5.41, 5.74) is 0.685. The number of carbonyl (C=O) groups excluding carboxylic acids is 1. The summed E-state index contributed by atoms with van der Waals surface area (Å²) in [6, 6.07) is 5.19. The first-order valence-electron chi connectivity index (χ1n) is 3.85. The molecule has 0 bridgehead atoms. The van der Waals surface area contributed by atoms with Gasteiger partial charge in [0.1, 0.15) is 0 Å². The fraction of sp³-hybridized carbons (Fsp3) is 0.100. The van der Waals surface area contributed by atoms with Crippen molar-refractivity contribution in [2.75, 3.05) is 7.11 Å². The Balaban J connectivity index is 2.92. The lowest BCUT2D eigenvalue weighted by Crippen LogP contribution is -1.93. The van der Waals surface area contributed by atoms with Crippen LogP contribution in [0.2, 0.25) is 10.0 Å². The number of ether oxygens (including phenoxy) is 1. The van der Waals surface area contributed by atoms with E-state index in [1.54, 1.807) is 24.3 Å². The van der Waals surface area contributed by atoms with Crippen LogP contribution in [0.5, 0.6) is 0 Å². The van der Waals surface area contributed by atoms with Gasteiger partial charge in [-0.2, -0.15) is 0 Å². The van der Waals surface area contributed by atoms with Crippen molar-refractivity contribution in [2.45, 2.75) is 0 Å². The van der Waals surface area contributed by atoms with Crippen molar-refractivity contribution < 1.29 is 9.53 Å². The van der Waals surface area contributed by atoms with Gasteiger partial charge < -0.3 is 4.74 Å². The van der Waals surface area contributed by atoms with Crippen LogP contribution in [0.3, 0.4) is 0 Å². The zero-order valence-corrected chi connectivity index (χ0v) is 8.97. The molecule has 0 unspecified atom stereocenters. The summed E-state index contributed by atoms with van der Waals surface area (Å²) in [5.74, 6) is -0.430. The van der Waals surface area contributed by atoms with Gasteiger partial charge in [-0.25, -0.2) is 4.79 Å². The maximum atomic E-state index is 10.8. The van der Waals surface area contributed by atoms with Gasteiger partial charge in [0, 0.05) is 6.08 Å². The van der Waals surface area contributed by atoms with Crippen molar-refractivity contribution in [1.29, 1.82) is 0 Å². The van der Waals surface area contributed by atoms with Crippen LogP contribution in [-0.2, 0) is 9.53 Å². The summed E-state index contributed by atoms with van der Waals surface area (Å²) in [4.78, 5) is 10.8. The molecule has 4 heteroatoms. The fourth-order valence-electron chi connectivity index (χ4n) is 0.875. The minimum atomic E-state index is -0.430. The molecule has 0 fully saturated rings. The molecule has 14 heavy (non-hydrogen) atoms. The molecule has 1 aromatic rings. The SMILES string of the molecule is COC(=O)C=Cc1cccc(Cl)c1Cl. The average Bonchev–Trinajstić information content (AvgIpc) is 2.20. The van der Waals surface area contributed by atoms with Crippen molar-refractivity contribution in [3.63, 3.8) is 0 Å². The molecule has 0 amide bonds. The lowest BCUT2D eigenvalue weighted by Gasteiger charge is -1.99. The van der Waals surface area contributed by atoms with E-state index in [-0.39, 0.29) is 0 Å². The average molecular weight is 231 g/mol. The Morgan fingerprint density at radius 2 is 2.14 bits per heavy atom. The third kappa shape index (κ3) is 2.76. The molecule has 0 aliphatic heterocycles. The van der Waals surface area contributed by atoms with Gasteiger partial charge in [-0.05, 0) is 17.7 Å². The zero-order valence-electron chi connectivity index (χ0n) is 7.46. The van der Waals surface area contributed by atoms with Crippen LogP contribution in [-0.4, -0.2) is 13.1 Å². The minimum Gasteiger partial charge on any atom is -0.466 e. The van der Waals surface area contributed by atoms with Crippen molar-refractivity contribution >= 4 is 35.2 Å². The maximum absolute atomic E-state index is 10.8. The number of hydrogen-bond acceptors (Lipinski definition) is 2. The second-order valence-electron chi connectivity index (χ2n) is 2.50. The third-order valence-electron chi connectivity index (χ3n) is 1.58. The molecular formula is C10H8Cl2O2. The number of carbonyl (C=O) groups is 1. The molecule has 1 rings (SSSR count). The molecule has 0 N–H and O–H groups in total. The molecular weight excluding hydrogens is 223 g/mol. The molecule has 0 saturated heterocycles. The first kappa shape index (κ1) is 11.1. The Morgan fingerprint density at radius 3 is 2.79 bits per heavy atom. The first-order chi connectivity index (χ1) is 6.65. The van der Waals surface area contributed by atoms with Crippen LogP contribution >= 0.6 is 23.2 Å². The second-order valence-corrected chi connectivity index (χ2v) is 3.28. The highest BCUT2D eigenvalue weighted by Gasteiger charge is 2.01. The summed E-state index contributed by atoms with van der Waals surface area (Å²) in [7, 11) is 1.31. The zero-order chi connectivity index (χ0) is 10.6. The Morgan fingerprint density at radius 1 is 1.43 bits per heavy atom. The van der Waals surface area contributed by atoms with Crippen molar-refractivity contribution in [3.05, 3.63) is 39.9 Å². The molecule has 0 heterocycles. The van der Waals surface area contributed by atoms with Gasteiger partial charge in [-0.1, -0.05) is 35.3 Å². The Hall–Kier alpha value is -0.990. The molecule has 2 nitrogen and oxygen atoms in total. The van der Waals surface area contributed by atoms with Crippen molar-refractivity contribution in [3.8, 4) is 0 Å². The van der Waals surface area contributed by atoms with Crippen LogP contribution in [0.25, 0.3) is 6.08 Å². The number of rotatable bonds is 2. The Bertz CT molecular complexity index is 372. The van der Waals surface area contributed by atoms with E-state index in [9.17, 15) is 4.79 Å². The highest BCUT2D eigenvalue weighted by molar-refractivity contribution is 6.42. The first-order valence-corrected chi connectivity index (χ1v) is 4.61. The van der Waals surface area contributed by atoms with Crippen LogP contribution in [0, 0.1) is 0 Å². The second kappa shape index (κ2) is 5.03. The van der Waals surface area contributed by atoms with Gasteiger partial charge >= 0.3 is 5.97 Å². The van der Waals surface area contributed by atoms with E-state index in [0.29, 0.717) is 15.6 Å². The molecule has 0 aliphatic rings. The number of benzene rings is 1. The molecule has 0 radical (unpaired) electrons. The van der Waals surface area contributed by atoms with Crippen LogP contribution in [0.4, 0.5) is 0 Å². The summed E-state index contributed by atoms with van der Waals surface area (Å²) in [6.07, 6.45) is 2.84. The normalized spacial score (nSPS) is 10.5. The van der Waals surface area contributed by atoms with Gasteiger partial charge in [0.05, 0.1) is 17.2 Å². The Labute approximate surface area is 92.1 Å². The lowest BCUT2D eigenvalue weighted by atomic mass is 10.2. The lowest BCUT2D eigenvalue weighted by molar-refractivity contribution is -0.134. The monoisotopic (exact) mass is 230 g/mol. The fourth-order valence-corrected chi connectivity index (χ4v) is 1.25. The van der Waals surface area contributed by atoms with Crippen LogP contribution in [0.1, 0.15) is 5.56 Å². The van der Waals surface area contributed by atoms with Gasteiger partial charge in [-0.3, -0.25) is 0 Å². The molecule has 0 saturated carbocycles. The number of esters is 1. The predicted molar refractivity (Wildman–Crippen MR) is 57.5 cm³/mol. The highest BCUT2D eigenvalue weighted by Crippen LogP contribution is 2.26. The minimum absolute atomic E-state index is 0.425. The number of hydrogen-bond donors (Lipinski definition) is 0. The predicted octanol–water partition coefficient (Wildman–Crippen LogP) is 3.18. The van der Waals surface area contributed by atoms with E-state index in [2.05, 4.69) is 4.74 Å². The summed E-state index contributed by atoms with van der Waals surface area (Å²) >= 11 is 11.7. The molecule has 0 spiro atoms. The summed E-state index contributed by atoms with van der Waals surface area (Å²) in [5, 5.41) is 0.882. The molecule has 0 aromatic heterocycles. The largest absolute Gasteiger partial charge is 0.466 e. The number of halogens is 2. The molecule has 1 aromatic carbocycles. The van der Waals surface area contributed by atoms with E-state index >= 15 is 0 Å². The number of methoxy groups -OCH3 is 1. The van der Waals surface area contributed by atoms with Gasteiger partial charge in [0.15, 0.2) is 0 Å². The van der Waals surface area contributed by atoms with Gasteiger partial charge in [0.25, 0.3) is 0 Å². The highest BCUT2D eigenvalue weighted by atomic mass is 35.5. The van der Waals surface area contributed by atoms with Gasteiger partial charge in [0.2, 0.25) is 0 Å². The van der Waals surface area contributed by atoms with Gasteiger partial charge in [-0.15, -0.1) is 0 Å². The smallest absolute Gasteiger partial charge is 0.330 e. The van der Waals surface area contributed by atoms with Crippen LogP contribution in [0.15, 0.2) is 24.3 Å². The molecule has 0 aliphatic carbocycles. The quantitative estimate of drug-likeness (QED) is 0.577. The molecule has 74 valence electrons. The third-order valence-corrected chi connectivity index (χ3v) is 2.42. The van der Waals surface area contributed by atoms with E-state index < -0.39 is 5.97 Å². The van der Waals surface area contributed by atoms with E-state index in [1.807, 2.05) is 0 Å². The summed E-state index contributed by atoms with van der Waals surface area (Å²) < 4.78 is 4.44. The van der Waals surface area contributed by atoms with E-state index in [0.717, 1.165) is 0 Å². The van der Waals surface area contributed by atoms with E-state index in [1.165, 1.54) is 13.2 Å². The van der Waals surface area contributed by atoms with Crippen LogP contribution < -0.4 is 0 Å². The van der Waals surface area contributed by atoms with E-state index in [4.69, 9.17) is 23.2 Å². The molecule has 0 atom stereocenters. The standard InChI is InChI=1S/C10H8Cl2O2/c1-14-9(13)6-5-7-3-2-4-8(11)10(7)12/h2-6H,1H3.